The Morgan fingerprint density at radius 3 is 2.75 bits per heavy atom. The summed E-state index contributed by atoms with van der Waals surface area (Å²) in [5, 5.41) is 2.71. The van der Waals surface area contributed by atoms with Gasteiger partial charge >= 0.3 is 6.09 Å². The lowest BCUT2D eigenvalue weighted by molar-refractivity contribution is -0.129. The molecule has 0 spiro atoms. The number of likely N-dealkylation sites (tertiary alicyclic amines) is 1. The van der Waals surface area contributed by atoms with Crippen LogP contribution in [0, 0.1) is 0 Å². The number of nitrogens with one attached hydrogen (secondary N) is 1. The van der Waals surface area contributed by atoms with E-state index in [4.69, 9.17) is 5.73 Å². The number of carbonyl (C=O) groups excluding carboxylic acids is 2. The Kier molecular flexibility index (Phi) is 4.45. The van der Waals surface area contributed by atoms with Gasteiger partial charge in [-0.1, -0.05) is 12.1 Å². The zero-order valence-electron chi connectivity index (χ0n) is 11.5. The predicted octanol–water partition coefficient (Wildman–Crippen LogP) is 0.768. The SMILES string of the molecule is COC(=O)NC1CCN(C(=O)Cc2ccc(N)cc2)C1. The van der Waals surface area contributed by atoms with Crippen molar-refractivity contribution in [2.45, 2.75) is 18.9 Å². The topological polar surface area (TPSA) is 84.7 Å². The first-order valence-corrected chi connectivity index (χ1v) is 6.55. The Balaban J connectivity index is 1.85. The van der Waals surface area contributed by atoms with Gasteiger partial charge in [0.1, 0.15) is 0 Å². The summed E-state index contributed by atoms with van der Waals surface area (Å²) < 4.78 is 4.55. The largest absolute Gasteiger partial charge is 0.453 e. The summed E-state index contributed by atoms with van der Waals surface area (Å²) in [5.74, 6) is 0.0592. The highest BCUT2D eigenvalue weighted by atomic mass is 16.5. The molecule has 0 aromatic heterocycles. The number of rotatable bonds is 3. The molecule has 1 fully saturated rings. The second-order valence-corrected chi connectivity index (χ2v) is 4.88. The molecule has 108 valence electrons. The number of hydrogen-bond acceptors (Lipinski definition) is 4. The molecule has 1 atom stereocenters. The van der Waals surface area contributed by atoms with Gasteiger partial charge in [0.25, 0.3) is 0 Å². The van der Waals surface area contributed by atoms with E-state index >= 15 is 0 Å². The second kappa shape index (κ2) is 6.27. The Morgan fingerprint density at radius 2 is 2.10 bits per heavy atom. The maximum Gasteiger partial charge on any atom is 0.407 e. The van der Waals surface area contributed by atoms with E-state index in [0.717, 1.165) is 12.0 Å². The van der Waals surface area contributed by atoms with Crippen molar-refractivity contribution in [3.8, 4) is 0 Å². The van der Waals surface area contributed by atoms with Gasteiger partial charge in [0.15, 0.2) is 0 Å². The molecule has 1 saturated heterocycles. The third-order valence-electron chi connectivity index (χ3n) is 3.38. The van der Waals surface area contributed by atoms with E-state index in [9.17, 15) is 9.59 Å². The highest BCUT2D eigenvalue weighted by Crippen LogP contribution is 2.13. The monoisotopic (exact) mass is 277 g/mol. The van der Waals surface area contributed by atoms with Gasteiger partial charge in [-0.15, -0.1) is 0 Å². The average molecular weight is 277 g/mol. The van der Waals surface area contributed by atoms with Crippen molar-refractivity contribution >= 4 is 17.7 Å². The van der Waals surface area contributed by atoms with Gasteiger partial charge in [0.05, 0.1) is 19.6 Å². The van der Waals surface area contributed by atoms with E-state index in [2.05, 4.69) is 10.1 Å². The fourth-order valence-corrected chi connectivity index (χ4v) is 2.25. The summed E-state index contributed by atoms with van der Waals surface area (Å²) in [5.41, 5.74) is 7.23. The van der Waals surface area contributed by atoms with E-state index < -0.39 is 6.09 Å². The van der Waals surface area contributed by atoms with Gasteiger partial charge < -0.3 is 20.7 Å². The van der Waals surface area contributed by atoms with Crippen LogP contribution in [0.15, 0.2) is 24.3 Å². The van der Waals surface area contributed by atoms with Crippen LogP contribution >= 0.6 is 0 Å². The Bertz CT molecular complexity index is 487. The van der Waals surface area contributed by atoms with Gasteiger partial charge in [-0.25, -0.2) is 4.79 Å². The van der Waals surface area contributed by atoms with E-state index in [-0.39, 0.29) is 11.9 Å². The summed E-state index contributed by atoms with van der Waals surface area (Å²) in [7, 11) is 1.33. The Labute approximate surface area is 117 Å². The fraction of sp³-hybridized carbons (Fsp3) is 0.429. The minimum atomic E-state index is -0.456. The van der Waals surface area contributed by atoms with Gasteiger partial charge in [-0.05, 0) is 24.1 Å². The number of nitrogens with zero attached hydrogens (tertiary/aromatic N) is 1. The number of amides is 2. The lowest BCUT2D eigenvalue weighted by Crippen LogP contribution is -2.38. The molecule has 0 radical (unpaired) electrons. The molecule has 1 aromatic carbocycles. The third-order valence-corrected chi connectivity index (χ3v) is 3.38. The van der Waals surface area contributed by atoms with Crippen molar-refractivity contribution < 1.29 is 14.3 Å². The quantitative estimate of drug-likeness (QED) is 0.799. The summed E-state index contributed by atoms with van der Waals surface area (Å²) in [6, 6.07) is 7.25. The first-order chi connectivity index (χ1) is 9.58. The minimum absolute atomic E-state index is 0.0298. The molecule has 0 bridgehead atoms. The third kappa shape index (κ3) is 3.63. The van der Waals surface area contributed by atoms with Crippen molar-refractivity contribution in [3.05, 3.63) is 29.8 Å². The maximum absolute atomic E-state index is 12.2. The van der Waals surface area contributed by atoms with Gasteiger partial charge in [-0.2, -0.15) is 0 Å². The lowest BCUT2D eigenvalue weighted by atomic mass is 10.1. The smallest absolute Gasteiger partial charge is 0.407 e. The van der Waals surface area contributed by atoms with Crippen molar-refractivity contribution in [1.29, 1.82) is 0 Å². The van der Waals surface area contributed by atoms with Crippen molar-refractivity contribution in [2.75, 3.05) is 25.9 Å². The number of alkyl carbamates (subject to hydrolysis) is 1. The number of carbonyl (C=O) groups is 2. The standard InChI is InChI=1S/C14H19N3O3/c1-20-14(19)16-12-6-7-17(9-12)13(18)8-10-2-4-11(15)5-3-10/h2-5,12H,6-9,15H2,1H3,(H,16,19). The normalized spacial score (nSPS) is 17.9. The molecule has 0 saturated carbocycles. The number of hydrogen-bond donors (Lipinski definition) is 2. The molecule has 1 aromatic rings. The second-order valence-electron chi connectivity index (χ2n) is 4.88. The fourth-order valence-electron chi connectivity index (χ4n) is 2.25. The molecule has 20 heavy (non-hydrogen) atoms. The summed E-state index contributed by atoms with van der Waals surface area (Å²) >= 11 is 0. The molecule has 6 heteroatoms. The zero-order valence-corrected chi connectivity index (χ0v) is 11.5. The van der Waals surface area contributed by atoms with Crippen LogP contribution < -0.4 is 11.1 Å². The first-order valence-electron chi connectivity index (χ1n) is 6.55. The predicted molar refractivity (Wildman–Crippen MR) is 75.1 cm³/mol. The molecule has 1 aliphatic rings. The highest BCUT2D eigenvalue weighted by Gasteiger charge is 2.27. The minimum Gasteiger partial charge on any atom is -0.453 e. The van der Waals surface area contributed by atoms with E-state index in [1.54, 1.807) is 17.0 Å². The Morgan fingerprint density at radius 1 is 1.40 bits per heavy atom. The molecule has 2 rings (SSSR count). The van der Waals surface area contributed by atoms with Crippen LogP contribution in [0.3, 0.4) is 0 Å². The zero-order chi connectivity index (χ0) is 14.5. The molecular formula is C14H19N3O3. The number of methoxy groups -OCH3 is 1. The number of nitrogen functional groups attached to an aromatic ring is 1. The van der Waals surface area contributed by atoms with Crippen molar-refractivity contribution in [1.82, 2.24) is 10.2 Å². The maximum atomic E-state index is 12.2. The summed E-state index contributed by atoms with van der Waals surface area (Å²) in [6.45, 7) is 1.19. The molecule has 0 aliphatic carbocycles. The van der Waals surface area contributed by atoms with E-state index in [1.165, 1.54) is 7.11 Å². The molecule has 1 heterocycles. The lowest BCUT2D eigenvalue weighted by Gasteiger charge is -2.17. The molecule has 1 aliphatic heterocycles. The van der Waals surface area contributed by atoms with Gasteiger partial charge in [0.2, 0.25) is 5.91 Å². The van der Waals surface area contributed by atoms with Crippen molar-refractivity contribution in [3.63, 3.8) is 0 Å². The van der Waals surface area contributed by atoms with Crippen LogP contribution in [-0.4, -0.2) is 43.1 Å². The number of benzene rings is 1. The van der Waals surface area contributed by atoms with E-state index in [0.29, 0.717) is 25.2 Å². The van der Waals surface area contributed by atoms with Crippen LogP contribution in [0.25, 0.3) is 0 Å². The average Bonchev–Trinajstić information content (AvgIpc) is 2.89. The molecule has 2 amide bonds. The molecule has 6 nitrogen and oxygen atoms in total. The van der Waals surface area contributed by atoms with Crippen LogP contribution in [0.1, 0.15) is 12.0 Å². The number of nitrogens with two attached hydrogens (primary N) is 1. The Hall–Kier alpha value is -2.24. The van der Waals surface area contributed by atoms with Crippen LogP contribution in [0.5, 0.6) is 0 Å². The summed E-state index contributed by atoms with van der Waals surface area (Å²) in [4.78, 5) is 25.0. The number of anilines is 1. The molecular weight excluding hydrogens is 258 g/mol. The van der Waals surface area contributed by atoms with Crippen molar-refractivity contribution in [2.24, 2.45) is 0 Å². The van der Waals surface area contributed by atoms with Crippen LogP contribution in [0.2, 0.25) is 0 Å². The van der Waals surface area contributed by atoms with Gasteiger partial charge in [-0.3, -0.25) is 4.79 Å². The first kappa shape index (κ1) is 14.2. The molecule has 3 N–H and O–H groups in total. The number of ether oxygens (including phenoxy) is 1. The van der Waals surface area contributed by atoms with Gasteiger partial charge in [0, 0.05) is 18.8 Å². The van der Waals surface area contributed by atoms with Crippen LogP contribution in [-0.2, 0) is 16.0 Å². The molecule has 1 unspecified atom stereocenters. The van der Waals surface area contributed by atoms with E-state index in [1.807, 2.05) is 12.1 Å². The summed E-state index contributed by atoms with van der Waals surface area (Å²) in [6.07, 6.45) is 0.649. The van der Waals surface area contributed by atoms with Crippen LogP contribution in [0.4, 0.5) is 10.5 Å². The highest BCUT2D eigenvalue weighted by molar-refractivity contribution is 5.79.